The van der Waals surface area contributed by atoms with Gasteiger partial charge in [-0.25, -0.2) is 0 Å². The minimum absolute atomic E-state index is 0.137. The van der Waals surface area contributed by atoms with Gasteiger partial charge in [-0.15, -0.1) is 10.2 Å². The summed E-state index contributed by atoms with van der Waals surface area (Å²) in [7, 11) is 1.65. The Morgan fingerprint density at radius 3 is 3.15 bits per heavy atom. The van der Waals surface area contributed by atoms with Crippen LogP contribution in [0.5, 0.6) is 0 Å². The highest BCUT2D eigenvalue weighted by Gasteiger charge is 2.04. The summed E-state index contributed by atoms with van der Waals surface area (Å²) < 4.78 is 6.97. The Balaban J connectivity index is 1.89. The van der Waals surface area contributed by atoms with Crippen molar-refractivity contribution < 1.29 is 4.74 Å². The van der Waals surface area contributed by atoms with E-state index in [4.69, 9.17) is 10.5 Å². The molecule has 1 unspecified atom stereocenters. The van der Waals surface area contributed by atoms with Crippen molar-refractivity contribution in [2.75, 3.05) is 20.3 Å². The van der Waals surface area contributed by atoms with Crippen LogP contribution >= 0.6 is 0 Å². The van der Waals surface area contributed by atoms with Crippen molar-refractivity contribution in [3.63, 3.8) is 0 Å². The fraction of sp³-hybridized carbons (Fsp3) is 0.462. The molecule has 0 bridgehead atoms. The molecule has 0 spiro atoms. The zero-order chi connectivity index (χ0) is 14.4. The van der Waals surface area contributed by atoms with Crippen LogP contribution in [-0.2, 0) is 11.2 Å². The van der Waals surface area contributed by atoms with Crippen molar-refractivity contribution in [1.29, 1.82) is 0 Å². The van der Waals surface area contributed by atoms with E-state index in [9.17, 15) is 0 Å². The minimum Gasteiger partial charge on any atom is -0.383 e. The molecule has 0 aliphatic carbocycles. The predicted molar refractivity (Wildman–Crippen MR) is 77.7 cm³/mol. The summed E-state index contributed by atoms with van der Waals surface area (Å²) in [6.07, 6.45) is 2.63. The molecule has 2 rings (SSSR count). The maximum atomic E-state index is 5.80. The fourth-order valence-corrected chi connectivity index (χ4v) is 1.93. The van der Waals surface area contributed by atoms with Crippen molar-refractivity contribution >= 4 is 11.6 Å². The van der Waals surface area contributed by atoms with Crippen LogP contribution < -0.4 is 11.1 Å². The number of ether oxygens (including phenoxy) is 1. The lowest BCUT2D eigenvalue weighted by molar-refractivity contribution is 0.179. The number of aromatic nitrogens is 3. The van der Waals surface area contributed by atoms with Crippen LogP contribution in [0.1, 0.15) is 12.7 Å². The van der Waals surface area contributed by atoms with Crippen LogP contribution in [0.15, 0.2) is 29.4 Å². The van der Waals surface area contributed by atoms with Crippen LogP contribution in [0.3, 0.4) is 0 Å². The smallest absolute Gasteiger partial charge is 0.188 e. The van der Waals surface area contributed by atoms with Gasteiger partial charge in [-0.1, -0.05) is 6.07 Å². The lowest BCUT2D eigenvalue weighted by Crippen LogP contribution is -2.40. The lowest BCUT2D eigenvalue weighted by atomic mass is 10.4. The number of guanidine groups is 1. The number of nitrogens with zero attached hydrogens (tertiary/aromatic N) is 4. The second kappa shape index (κ2) is 6.85. The number of hydrogen-bond acceptors (Lipinski definition) is 4. The maximum Gasteiger partial charge on any atom is 0.188 e. The molecule has 7 nitrogen and oxygen atoms in total. The van der Waals surface area contributed by atoms with Crippen LogP contribution in [0.4, 0.5) is 0 Å². The van der Waals surface area contributed by atoms with Crippen LogP contribution in [-0.4, -0.2) is 46.9 Å². The number of methoxy groups -OCH3 is 1. The van der Waals surface area contributed by atoms with E-state index in [1.807, 2.05) is 35.7 Å². The molecule has 2 aromatic heterocycles. The number of rotatable bonds is 6. The maximum absolute atomic E-state index is 5.80. The van der Waals surface area contributed by atoms with Gasteiger partial charge in [-0.2, -0.15) is 0 Å². The van der Waals surface area contributed by atoms with Crippen LogP contribution in [0, 0.1) is 0 Å². The van der Waals surface area contributed by atoms with Gasteiger partial charge >= 0.3 is 0 Å². The average Bonchev–Trinajstić information content (AvgIpc) is 2.82. The van der Waals surface area contributed by atoms with Gasteiger partial charge in [0.25, 0.3) is 0 Å². The first kappa shape index (κ1) is 14.3. The van der Waals surface area contributed by atoms with Crippen molar-refractivity contribution in [2.24, 2.45) is 10.7 Å². The molecule has 0 amide bonds. The standard InChI is InChI=1S/C13H20N6O/c1-10(9-20-2)16-13(14)15-7-6-12-18-17-11-5-3-4-8-19(11)12/h3-5,8,10H,6-7,9H2,1-2H3,(H3,14,15,16). The highest BCUT2D eigenvalue weighted by molar-refractivity contribution is 5.78. The van der Waals surface area contributed by atoms with Crippen molar-refractivity contribution in [1.82, 2.24) is 19.9 Å². The number of pyridine rings is 1. The summed E-state index contributed by atoms with van der Waals surface area (Å²) in [5, 5.41) is 11.3. The van der Waals surface area contributed by atoms with Gasteiger partial charge in [-0.05, 0) is 19.1 Å². The van der Waals surface area contributed by atoms with Gasteiger partial charge < -0.3 is 15.8 Å². The second-order valence-electron chi connectivity index (χ2n) is 4.56. The molecule has 0 radical (unpaired) electrons. The number of hydrogen-bond donors (Lipinski definition) is 2. The van der Waals surface area contributed by atoms with Gasteiger partial charge in [0.15, 0.2) is 11.6 Å². The zero-order valence-electron chi connectivity index (χ0n) is 11.8. The Kier molecular flexibility index (Phi) is 4.89. The van der Waals surface area contributed by atoms with E-state index < -0.39 is 0 Å². The van der Waals surface area contributed by atoms with E-state index in [1.54, 1.807) is 7.11 Å². The summed E-state index contributed by atoms with van der Waals surface area (Å²) in [6.45, 7) is 3.14. The first-order valence-electron chi connectivity index (χ1n) is 6.54. The van der Waals surface area contributed by atoms with Gasteiger partial charge in [0, 0.05) is 32.3 Å². The number of nitrogens with two attached hydrogens (primary N) is 1. The largest absolute Gasteiger partial charge is 0.383 e. The molecule has 1 atom stereocenters. The Bertz CT molecular complexity index is 579. The molecule has 0 aliphatic heterocycles. The lowest BCUT2D eigenvalue weighted by Gasteiger charge is -2.12. The monoisotopic (exact) mass is 276 g/mol. The van der Waals surface area contributed by atoms with Crippen molar-refractivity contribution in [3.8, 4) is 0 Å². The van der Waals surface area contributed by atoms with Crippen molar-refractivity contribution in [3.05, 3.63) is 30.2 Å². The minimum atomic E-state index is 0.137. The topological polar surface area (TPSA) is 89.8 Å². The van der Waals surface area contributed by atoms with E-state index in [0.29, 0.717) is 25.5 Å². The number of nitrogens with one attached hydrogen (secondary N) is 1. The quantitative estimate of drug-likeness (QED) is 0.581. The Morgan fingerprint density at radius 1 is 1.50 bits per heavy atom. The molecule has 108 valence electrons. The van der Waals surface area contributed by atoms with Crippen LogP contribution in [0.25, 0.3) is 5.65 Å². The molecule has 0 aliphatic rings. The highest BCUT2D eigenvalue weighted by Crippen LogP contribution is 2.03. The number of aliphatic imine (C=N–C) groups is 1. The van der Waals surface area contributed by atoms with E-state index in [2.05, 4.69) is 20.5 Å². The van der Waals surface area contributed by atoms with Gasteiger partial charge in [0.05, 0.1) is 6.61 Å². The van der Waals surface area contributed by atoms with Gasteiger partial charge in [-0.3, -0.25) is 9.39 Å². The molecule has 2 aromatic rings. The molecule has 0 saturated heterocycles. The molecule has 0 fully saturated rings. The SMILES string of the molecule is COCC(C)NC(N)=NCCc1nnc2ccccn12. The normalized spacial score (nSPS) is 13.6. The molecule has 0 saturated carbocycles. The average molecular weight is 276 g/mol. The third-order valence-electron chi connectivity index (χ3n) is 2.81. The van der Waals surface area contributed by atoms with Gasteiger partial charge in [0.1, 0.15) is 5.82 Å². The van der Waals surface area contributed by atoms with Crippen molar-refractivity contribution in [2.45, 2.75) is 19.4 Å². The molecule has 3 N–H and O–H groups in total. The zero-order valence-corrected chi connectivity index (χ0v) is 11.8. The summed E-state index contributed by atoms with van der Waals surface area (Å²) in [6, 6.07) is 5.94. The Labute approximate surface area is 117 Å². The summed E-state index contributed by atoms with van der Waals surface area (Å²) in [5.74, 6) is 1.30. The summed E-state index contributed by atoms with van der Waals surface area (Å²) in [4.78, 5) is 4.27. The number of fused-ring (bicyclic) bond motifs is 1. The highest BCUT2D eigenvalue weighted by atomic mass is 16.5. The van der Waals surface area contributed by atoms with E-state index in [1.165, 1.54) is 0 Å². The van der Waals surface area contributed by atoms with Crippen LogP contribution in [0.2, 0.25) is 0 Å². The first-order chi connectivity index (χ1) is 9.70. The summed E-state index contributed by atoms with van der Waals surface area (Å²) >= 11 is 0. The first-order valence-corrected chi connectivity index (χ1v) is 6.54. The molecule has 7 heteroatoms. The molecular weight excluding hydrogens is 256 g/mol. The Hall–Kier alpha value is -2.15. The predicted octanol–water partition coefficient (Wildman–Crippen LogP) is 0.211. The third-order valence-corrected chi connectivity index (χ3v) is 2.81. The van der Waals surface area contributed by atoms with E-state index in [-0.39, 0.29) is 6.04 Å². The fourth-order valence-electron chi connectivity index (χ4n) is 1.93. The third kappa shape index (κ3) is 3.67. The molecule has 20 heavy (non-hydrogen) atoms. The molecular formula is C13H20N6O. The van der Waals surface area contributed by atoms with Gasteiger partial charge in [0.2, 0.25) is 0 Å². The summed E-state index contributed by atoms with van der Waals surface area (Å²) in [5.41, 5.74) is 6.64. The molecule has 0 aromatic carbocycles. The van der Waals surface area contributed by atoms with E-state index in [0.717, 1.165) is 11.5 Å². The van der Waals surface area contributed by atoms with E-state index >= 15 is 0 Å². The Morgan fingerprint density at radius 2 is 2.35 bits per heavy atom. The molecule has 2 heterocycles. The second-order valence-corrected chi connectivity index (χ2v) is 4.56.